The van der Waals surface area contributed by atoms with Crippen LogP contribution in [0.3, 0.4) is 0 Å². The monoisotopic (exact) mass is 491 g/mol. The lowest BCUT2D eigenvalue weighted by molar-refractivity contribution is -0.127. The van der Waals surface area contributed by atoms with Crippen molar-refractivity contribution in [2.75, 3.05) is 45.2 Å². The normalized spacial score (nSPS) is 16.7. The molecule has 1 aliphatic heterocycles. The van der Waals surface area contributed by atoms with Crippen molar-refractivity contribution in [3.8, 4) is 0 Å². The van der Waals surface area contributed by atoms with Gasteiger partial charge in [-0.2, -0.15) is 0 Å². The minimum atomic E-state index is -0.0355. The minimum Gasteiger partial charge on any atom is -0.369 e. The van der Waals surface area contributed by atoms with E-state index in [0.717, 1.165) is 30.2 Å². The Bertz CT molecular complexity index is 638. The largest absolute Gasteiger partial charge is 0.369 e. The van der Waals surface area contributed by atoms with Crippen molar-refractivity contribution in [1.82, 2.24) is 15.5 Å². The lowest BCUT2D eigenvalue weighted by Crippen LogP contribution is -2.45. The molecule has 144 valence electrons. The third-order valence-electron chi connectivity index (χ3n) is 3.99. The van der Waals surface area contributed by atoms with Crippen molar-refractivity contribution < 1.29 is 4.79 Å². The summed E-state index contributed by atoms with van der Waals surface area (Å²) in [7, 11) is 3.45. The second-order valence-corrected chi connectivity index (χ2v) is 6.61. The Balaban J connectivity index is 0.00000338. The molecule has 0 bridgehead atoms. The van der Waals surface area contributed by atoms with E-state index in [0.29, 0.717) is 12.5 Å². The van der Waals surface area contributed by atoms with E-state index in [1.54, 1.807) is 20.2 Å². The fraction of sp³-hybridized carbons (Fsp3) is 0.444. The second kappa shape index (κ2) is 11.3. The van der Waals surface area contributed by atoms with Gasteiger partial charge in [0, 0.05) is 50.5 Å². The summed E-state index contributed by atoms with van der Waals surface area (Å²) in [6, 6.07) is 8.14. The standard InChI is InChI=1S/C18H26ClN5O.HI/c1-4-9-20-18(21-12-17(25)23(2)3)22-15-8-10-24(13-15)16-7-5-6-14(19)11-16;/h4-7,11,15H,1,8-10,12-13H2,2-3H3,(H2,20,21,22);1H. The molecule has 1 atom stereocenters. The number of hydrogen-bond acceptors (Lipinski definition) is 3. The maximum Gasteiger partial charge on any atom is 0.243 e. The van der Waals surface area contributed by atoms with Crippen LogP contribution in [0.5, 0.6) is 0 Å². The van der Waals surface area contributed by atoms with Crippen molar-refractivity contribution >= 4 is 53.1 Å². The summed E-state index contributed by atoms with van der Waals surface area (Å²) in [5.74, 6) is 0.597. The first-order chi connectivity index (χ1) is 12.0. The van der Waals surface area contributed by atoms with Gasteiger partial charge in [0.1, 0.15) is 6.54 Å². The molecule has 1 aliphatic rings. The highest BCUT2D eigenvalue weighted by Gasteiger charge is 2.23. The van der Waals surface area contributed by atoms with Crippen LogP contribution in [0.25, 0.3) is 0 Å². The van der Waals surface area contributed by atoms with Crippen LogP contribution in [0.4, 0.5) is 5.69 Å². The molecule has 0 aliphatic carbocycles. The Kier molecular flexibility index (Phi) is 9.79. The number of carbonyl (C=O) groups excluding carboxylic acids is 1. The molecule has 2 N–H and O–H groups in total. The van der Waals surface area contributed by atoms with Crippen molar-refractivity contribution in [2.24, 2.45) is 4.99 Å². The number of likely N-dealkylation sites (N-methyl/N-ethyl adjacent to an activating group) is 1. The average molecular weight is 492 g/mol. The van der Waals surface area contributed by atoms with Crippen molar-refractivity contribution in [1.29, 1.82) is 0 Å². The molecular weight excluding hydrogens is 465 g/mol. The third-order valence-corrected chi connectivity index (χ3v) is 4.22. The quantitative estimate of drug-likeness (QED) is 0.278. The van der Waals surface area contributed by atoms with E-state index < -0.39 is 0 Å². The highest BCUT2D eigenvalue weighted by atomic mass is 127. The van der Waals surface area contributed by atoms with E-state index in [9.17, 15) is 4.79 Å². The number of benzene rings is 1. The number of guanidine groups is 1. The number of amides is 1. The van der Waals surface area contributed by atoms with Crippen LogP contribution >= 0.6 is 35.6 Å². The van der Waals surface area contributed by atoms with Crippen molar-refractivity contribution in [2.45, 2.75) is 12.5 Å². The Hall–Kier alpha value is -1.48. The number of hydrogen-bond donors (Lipinski definition) is 2. The minimum absolute atomic E-state index is 0. The third kappa shape index (κ3) is 7.03. The summed E-state index contributed by atoms with van der Waals surface area (Å²) < 4.78 is 0. The number of anilines is 1. The topological polar surface area (TPSA) is 60.0 Å². The molecule has 26 heavy (non-hydrogen) atoms. The average Bonchev–Trinajstić information content (AvgIpc) is 3.05. The molecule has 1 fully saturated rings. The molecule has 1 heterocycles. The van der Waals surface area contributed by atoms with E-state index in [1.807, 2.05) is 18.2 Å². The van der Waals surface area contributed by atoms with E-state index in [1.165, 1.54) is 4.90 Å². The molecule has 1 saturated heterocycles. The maximum absolute atomic E-state index is 11.7. The SMILES string of the molecule is C=CCNC(=NCC(=O)N(C)C)NC1CCN(c2cccc(Cl)c2)C1.I. The Morgan fingerprint density at radius 2 is 2.27 bits per heavy atom. The number of halogens is 2. The molecule has 2 rings (SSSR count). The van der Waals surface area contributed by atoms with Crippen LogP contribution in [0.2, 0.25) is 5.02 Å². The highest BCUT2D eigenvalue weighted by Crippen LogP contribution is 2.23. The molecule has 6 nitrogen and oxygen atoms in total. The second-order valence-electron chi connectivity index (χ2n) is 6.18. The Morgan fingerprint density at radius 1 is 1.50 bits per heavy atom. The molecule has 1 aromatic rings. The van der Waals surface area contributed by atoms with Gasteiger partial charge in [0.2, 0.25) is 5.91 Å². The summed E-state index contributed by atoms with van der Waals surface area (Å²) >= 11 is 6.08. The lowest BCUT2D eigenvalue weighted by atomic mass is 10.2. The number of carbonyl (C=O) groups is 1. The molecule has 0 aromatic heterocycles. The van der Waals surface area contributed by atoms with Gasteiger partial charge in [-0.25, -0.2) is 4.99 Å². The molecule has 1 amide bonds. The van der Waals surface area contributed by atoms with Crippen LogP contribution in [-0.4, -0.2) is 63.1 Å². The van der Waals surface area contributed by atoms with Gasteiger partial charge in [-0.3, -0.25) is 4.79 Å². The molecule has 1 unspecified atom stereocenters. The zero-order valence-corrected chi connectivity index (χ0v) is 18.3. The predicted octanol–water partition coefficient (Wildman–Crippen LogP) is 2.35. The summed E-state index contributed by atoms with van der Waals surface area (Å²) in [4.78, 5) is 19.9. The van der Waals surface area contributed by atoms with Crippen molar-refractivity contribution in [3.05, 3.63) is 41.9 Å². The van der Waals surface area contributed by atoms with E-state index >= 15 is 0 Å². The van der Waals surface area contributed by atoms with E-state index in [4.69, 9.17) is 11.6 Å². The lowest BCUT2D eigenvalue weighted by Gasteiger charge is -2.20. The zero-order chi connectivity index (χ0) is 18.2. The predicted molar refractivity (Wildman–Crippen MR) is 120 cm³/mol. The van der Waals surface area contributed by atoms with Gasteiger partial charge in [0.15, 0.2) is 5.96 Å². The molecule has 8 heteroatoms. The molecule has 1 aromatic carbocycles. The fourth-order valence-electron chi connectivity index (χ4n) is 2.59. The van der Waals surface area contributed by atoms with E-state index in [-0.39, 0.29) is 42.5 Å². The molecular formula is C18H27ClIN5O. The van der Waals surface area contributed by atoms with Gasteiger partial charge >= 0.3 is 0 Å². The Labute approximate surface area is 177 Å². The maximum atomic E-state index is 11.7. The van der Waals surface area contributed by atoms with Crippen LogP contribution < -0.4 is 15.5 Å². The first kappa shape index (κ1) is 22.6. The van der Waals surface area contributed by atoms with Crippen LogP contribution in [0.1, 0.15) is 6.42 Å². The number of nitrogens with one attached hydrogen (secondary N) is 2. The fourth-order valence-corrected chi connectivity index (χ4v) is 2.77. The number of aliphatic imine (C=N–C) groups is 1. The molecule has 0 spiro atoms. The summed E-state index contributed by atoms with van der Waals surface area (Å²) in [5, 5.41) is 7.31. The number of rotatable bonds is 6. The molecule has 0 radical (unpaired) electrons. The summed E-state index contributed by atoms with van der Waals surface area (Å²) in [6.07, 6.45) is 2.75. The smallest absolute Gasteiger partial charge is 0.243 e. The van der Waals surface area contributed by atoms with Crippen LogP contribution in [0, 0.1) is 0 Å². The van der Waals surface area contributed by atoms with Gasteiger partial charge in [0.25, 0.3) is 0 Å². The van der Waals surface area contributed by atoms with Gasteiger partial charge in [-0.05, 0) is 24.6 Å². The summed E-state index contributed by atoms with van der Waals surface area (Å²) in [6.45, 7) is 6.22. The molecule has 0 saturated carbocycles. The number of nitrogens with zero attached hydrogens (tertiary/aromatic N) is 3. The van der Waals surface area contributed by atoms with Gasteiger partial charge < -0.3 is 20.4 Å². The zero-order valence-electron chi connectivity index (χ0n) is 15.2. The first-order valence-corrected chi connectivity index (χ1v) is 8.74. The van der Waals surface area contributed by atoms with E-state index in [2.05, 4.69) is 33.2 Å². The van der Waals surface area contributed by atoms with Gasteiger partial charge in [0.05, 0.1) is 0 Å². The van der Waals surface area contributed by atoms with Gasteiger partial charge in [-0.1, -0.05) is 23.7 Å². The van der Waals surface area contributed by atoms with Crippen molar-refractivity contribution in [3.63, 3.8) is 0 Å². The van der Waals surface area contributed by atoms with Crippen LogP contribution in [-0.2, 0) is 4.79 Å². The Morgan fingerprint density at radius 3 is 2.92 bits per heavy atom. The van der Waals surface area contributed by atoms with Crippen LogP contribution in [0.15, 0.2) is 41.9 Å². The highest BCUT2D eigenvalue weighted by molar-refractivity contribution is 14.0. The van der Waals surface area contributed by atoms with Gasteiger partial charge in [-0.15, -0.1) is 30.6 Å². The summed E-state index contributed by atoms with van der Waals surface area (Å²) in [5.41, 5.74) is 1.12. The first-order valence-electron chi connectivity index (χ1n) is 8.36.